The van der Waals surface area contributed by atoms with Gasteiger partial charge in [-0.1, -0.05) is 46.8 Å². The Morgan fingerprint density at radius 1 is 0.700 bits per heavy atom. The van der Waals surface area contributed by atoms with Crippen LogP contribution in [0.5, 0.6) is 0 Å². The number of hydrogen-bond acceptors (Lipinski definition) is 13. The Morgan fingerprint density at radius 3 is 1.94 bits per heavy atom. The van der Waals surface area contributed by atoms with Crippen LogP contribution < -0.4 is 0 Å². The van der Waals surface area contributed by atoms with E-state index < -0.39 is 89.9 Å². The predicted octanol–water partition coefficient (Wildman–Crippen LogP) is 0.199. The molecule has 6 rings (SSSR count). The van der Waals surface area contributed by atoms with Crippen LogP contribution in [0.3, 0.4) is 0 Å². The van der Waals surface area contributed by atoms with Crippen LogP contribution >= 0.6 is 0 Å². The minimum Gasteiger partial charge on any atom is -0.393 e. The van der Waals surface area contributed by atoms with Crippen LogP contribution in [0.25, 0.3) is 0 Å². The first-order valence-corrected chi connectivity index (χ1v) is 18.8. The van der Waals surface area contributed by atoms with Gasteiger partial charge in [0.05, 0.1) is 43.2 Å². The van der Waals surface area contributed by atoms with E-state index >= 15 is 0 Å². The van der Waals surface area contributed by atoms with Gasteiger partial charge in [-0.3, -0.25) is 0 Å². The summed E-state index contributed by atoms with van der Waals surface area (Å²) in [4.78, 5) is 0. The summed E-state index contributed by atoms with van der Waals surface area (Å²) >= 11 is 0. The third-order valence-electron chi connectivity index (χ3n) is 14.1. The quantitative estimate of drug-likeness (QED) is 0.121. The maximum Gasteiger partial charge on any atom is 0.186 e. The molecule has 13 heteroatoms. The molecular weight excluding hydrogens is 652 g/mol. The molecule has 288 valence electrons. The second-order valence-corrected chi connectivity index (χ2v) is 17.5. The van der Waals surface area contributed by atoms with Gasteiger partial charge in [-0.05, 0) is 78.9 Å². The highest BCUT2D eigenvalue weighted by molar-refractivity contribution is 5.21. The lowest BCUT2D eigenvalue weighted by Crippen LogP contribution is -2.68. The molecule has 2 heterocycles. The predicted molar refractivity (Wildman–Crippen MR) is 178 cm³/mol. The lowest BCUT2D eigenvalue weighted by molar-refractivity contribution is -0.300. The summed E-state index contributed by atoms with van der Waals surface area (Å²) in [5.74, 6) is -0.657. The van der Waals surface area contributed by atoms with Crippen molar-refractivity contribution in [1.82, 2.24) is 0 Å². The highest BCUT2D eigenvalue weighted by Gasteiger charge is 2.70. The SMILES string of the molecule is CC(C)C(C=CC(C)C1CC(O)C2C1(C)CCC1C3(C)CCC(OC4OCC(O)C(O)C4O)CC3C(O)CC12O)OC1OCC(O)C(O)C1O. The van der Waals surface area contributed by atoms with Crippen LogP contribution in [0.15, 0.2) is 12.2 Å². The average molecular weight is 715 g/mol. The molecule has 2 aliphatic heterocycles. The summed E-state index contributed by atoms with van der Waals surface area (Å²) in [6.07, 6.45) is -4.31. The van der Waals surface area contributed by atoms with Crippen molar-refractivity contribution in [2.45, 2.75) is 159 Å². The van der Waals surface area contributed by atoms with Crippen LogP contribution in [-0.2, 0) is 18.9 Å². The molecule has 20 unspecified atom stereocenters. The summed E-state index contributed by atoms with van der Waals surface area (Å²) in [5, 5.41) is 97.0. The summed E-state index contributed by atoms with van der Waals surface area (Å²) in [6, 6.07) is 0. The van der Waals surface area contributed by atoms with Gasteiger partial charge < -0.3 is 64.9 Å². The van der Waals surface area contributed by atoms with Gasteiger partial charge in [-0.25, -0.2) is 0 Å². The monoisotopic (exact) mass is 714 g/mol. The fourth-order valence-electron chi connectivity index (χ4n) is 11.4. The smallest absolute Gasteiger partial charge is 0.186 e. The number of allylic oxidation sites excluding steroid dienone is 1. The maximum absolute atomic E-state index is 12.8. The second kappa shape index (κ2) is 14.5. The molecule has 0 aromatic heterocycles. The van der Waals surface area contributed by atoms with Crippen molar-refractivity contribution >= 4 is 0 Å². The minimum atomic E-state index is -1.39. The molecular formula is C37H62O13. The van der Waals surface area contributed by atoms with E-state index in [2.05, 4.69) is 26.8 Å². The van der Waals surface area contributed by atoms with Crippen molar-refractivity contribution in [1.29, 1.82) is 0 Å². The first-order valence-electron chi connectivity index (χ1n) is 18.8. The normalized spacial score (nSPS) is 53.9. The molecule has 6 fully saturated rings. The zero-order valence-electron chi connectivity index (χ0n) is 30.1. The van der Waals surface area contributed by atoms with E-state index in [4.69, 9.17) is 18.9 Å². The van der Waals surface area contributed by atoms with Crippen LogP contribution in [0, 0.1) is 46.3 Å². The first kappa shape index (κ1) is 38.9. The number of fused-ring (bicyclic) bond motifs is 5. The van der Waals surface area contributed by atoms with Gasteiger partial charge in [0.15, 0.2) is 12.6 Å². The lowest BCUT2D eigenvalue weighted by Gasteiger charge is -2.66. The minimum absolute atomic E-state index is 0.00989. The molecule has 4 saturated carbocycles. The average Bonchev–Trinajstić information content (AvgIpc) is 3.34. The third-order valence-corrected chi connectivity index (χ3v) is 14.1. The van der Waals surface area contributed by atoms with E-state index in [1.54, 1.807) is 0 Å². The number of hydrogen-bond donors (Lipinski definition) is 9. The standard InChI is InChI=1S/C37H62O13/c1-17(2)26(50-34-31(45)29(43)25(41)16-48-34)7-6-18(3)20-13-22(38)32-36(20,5)11-9-27-35(4)10-8-19(12-21(35)23(39)14-37(27,32)46)49-33-30(44)28(42)24(40)15-47-33/h6-7,17-34,38-46H,8-16H2,1-5H3. The van der Waals surface area contributed by atoms with Crippen LogP contribution in [0.4, 0.5) is 0 Å². The molecule has 0 aromatic rings. The van der Waals surface area contributed by atoms with Crippen LogP contribution in [0.1, 0.15) is 79.6 Å². The van der Waals surface area contributed by atoms with E-state index in [0.717, 1.165) is 12.8 Å². The number of ether oxygens (including phenoxy) is 4. The van der Waals surface area contributed by atoms with Crippen molar-refractivity contribution in [3.63, 3.8) is 0 Å². The van der Waals surface area contributed by atoms with E-state index in [-0.39, 0.29) is 55.3 Å². The summed E-state index contributed by atoms with van der Waals surface area (Å²) in [7, 11) is 0. The molecule has 50 heavy (non-hydrogen) atoms. The lowest BCUT2D eigenvalue weighted by atomic mass is 9.42. The Balaban J connectivity index is 1.15. The van der Waals surface area contributed by atoms with E-state index in [9.17, 15) is 46.0 Å². The Hall–Kier alpha value is -0.780. The molecule has 0 bridgehead atoms. The van der Waals surface area contributed by atoms with E-state index in [0.29, 0.717) is 25.7 Å². The summed E-state index contributed by atoms with van der Waals surface area (Å²) in [6.45, 7) is 10.1. The Morgan fingerprint density at radius 2 is 1.30 bits per heavy atom. The zero-order valence-corrected chi connectivity index (χ0v) is 30.1. The number of rotatable bonds is 8. The molecule has 0 radical (unpaired) electrons. The van der Waals surface area contributed by atoms with E-state index in [1.807, 2.05) is 19.9 Å². The van der Waals surface area contributed by atoms with Gasteiger partial charge in [0.2, 0.25) is 0 Å². The second-order valence-electron chi connectivity index (χ2n) is 17.5. The third kappa shape index (κ3) is 6.64. The molecule has 0 spiro atoms. The molecule has 20 atom stereocenters. The molecule has 9 N–H and O–H groups in total. The highest BCUT2D eigenvalue weighted by Crippen LogP contribution is 2.69. The number of aliphatic hydroxyl groups is 9. The maximum atomic E-state index is 12.8. The zero-order chi connectivity index (χ0) is 36.5. The van der Waals surface area contributed by atoms with Gasteiger partial charge in [0, 0.05) is 12.3 Å². The van der Waals surface area contributed by atoms with Crippen LogP contribution in [0.2, 0.25) is 0 Å². The van der Waals surface area contributed by atoms with Gasteiger partial charge >= 0.3 is 0 Å². The van der Waals surface area contributed by atoms with Gasteiger partial charge in [-0.15, -0.1) is 0 Å². The fourth-order valence-corrected chi connectivity index (χ4v) is 11.4. The molecule has 2 saturated heterocycles. The van der Waals surface area contributed by atoms with Gasteiger partial charge in [0.1, 0.15) is 36.6 Å². The summed E-state index contributed by atoms with van der Waals surface area (Å²) < 4.78 is 23.2. The molecule has 0 amide bonds. The molecule has 0 aromatic carbocycles. The van der Waals surface area contributed by atoms with E-state index in [1.165, 1.54) is 0 Å². The summed E-state index contributed by atoms with van der Waals surface area (Å²) in [5.41, 5.74) is -2.07. The Labute approximate surface area is 295 Å². The molecule has 13 nitrogen and oxygen atoms in total. The molecule has 4 aliphatic carbocycles. The Bertz CT molecular complexity index is 1200. The van der Waals surface area contributed by atoms with Crippen molar-refractivity contribution in [3.8, 4) is 0 Å². The van der Waals surface area contributed by atoms with Crippen molar-refractivity contribution in [2.24, 2.45) is 46.3 Å². The van der Waals surface area contributed by atoms with Crippen molar-refractivity contribution < 1.29 is 64.9 Å². The first-order chi connectivity index (χ1) is 23.4. The molecule has 6 aliphatic rings. The van der Waals surface area contributed by atoms with Crippen molar-refractivity contribution in [2.75, 3.05) is 13.2 Å². The number of aliphatic hydroxyl groups excluding tert-OH is 8. The topological polar surface area (TPSA) is 219 Å². The fraction of sp³-hybridized carbons (Fsp3) is 0.946. The van der Waals surface area contributed by atoms with Gasteiger partial charge in [-0.2, -0.15) is 0 Å². The van der Waals surface area contributed by atoms with Gasteiger partial charge in [0.25, 0.3) is 0 Å². The van der Waals surface area contributed by atoms with Crippen LogP contribution in [-0.4, -0.2) is 138 Å². The van der Waals surface area contributed by atoms with Crippen molar-refractivity contribution in [3.05, 3.63) is 12.2 Å². The highest BCUT2D eigenvalue weighted by atomic mass is 16.7. The largest absolute Gasteiger partial charge is 0.393 e. The Kier molecular flexibility index (Phi) is 11.3.